The zero-order chi connectivity index (χ0) is 27.9. The van der Waals surface area contributed by atoms with E-state index in [0.29, 0.717) is 28.0 Å². The predicted octanol–water partition coefficient (Wildman–Crippen LogP) is 5.94. The van der Waals surface area contributed by atoms with Gasteiger partial charge in [0.05, 0.1) is 40.2 Å². The Bertz CT molecular complexity index is 1670. The van der Waals surface area contributed by atoms with Gasteiger partial charge in [0.2, 0.25) is 0 Å². The Labute approximate surface area is 230 Å². The molecule has 0 saturated carbocycles. The lowest BCUT2D eigenvalue weighted by molar-refractivity contribution is -0.119. The topological polar surface area (TPSA) is 107 Å². The fourth-order valence-corrected chi connectivity index (χ4v) is 4.09. The smallest absolute Gasteiger partial charge is 0.338 e. The third kappa shape index (κ3) is 6.02. The lowest BCUT2D eigenvalue weighted by Gasteiger charge is -2.11. The number of anilines is 1. The van der Waals surface area contributed by atoms with Crippen molar-refractivity contribution in [1.82, 2.24) is 9.97 Å². The molecule has 8 heteroatoms. The number of aromatic nitrogens is 2. The molecule has 0 spiro atoms. The number of nitrogens with one attached hydrogen (secondary N) is 1. The minimum atomic E-state index is -0.662. The van der Waals surface area contributed by atoms with Gasteiger partial charge in [-0.2, -0.15) is 0 Å². The highest BCUT2D eigenvalue weighted by Crippen LogP contribution is 2.31. The Morgan fingerprint density at radius 3 is 1.80 bits per heavy atom. The highest BCUT2D eigenvalue weighted by molar-refractivity contribution is 5.98. The van der Waals surface area contributed by atoms with Gasteiger partial charge in [-0.1, -0.05) is 60.7 Å². The molecule has 1 N–H and O–H groups in total. The lowest BCUT2D eigenvalue weighted by atomic mass is 10.0. The lowest BCUT2D eigenvalue weighted by Crippen LogP contribution is -2.21. The van der Waals surface area contributed by atoms with E-state index in [1.165, 1.54) is 0 Å². The van der Waals surface area contributed by atoms with E-state index in [2.05, 4.69) is 5.32 Å². The van der Waals surface area contributed by atoms with Crippen molar-refractivity contribution in [2.75, 3.05) is 18.5 Å². The third-order valence-electron chi connectivity index (χ3n) is 6.01. The van der Waals surface area contributed by atoms with Gasteiger partial charge in [0.15, 0.2) is 6.61 Å². The third-order valence-corrected chi connectivity index (χ3v) is 6.01. The fraction of sp³-hybridized carbons (Fsp3) is 0.0938. The molecule has 5 rings (SSSR count). The number of ether oxygens (including phenoxy) is 2. The summed E-state index contributed by atoms with van der Waals surface area (Å²) in [6, 6.07) is 30.7. The van der Waals surface area contributed by atoms with Gasteiger partial charge < -0.3 is 14.8 Å². The molecule has 198 valence electrons. The number of amides is 1. The average molecular weight is 532 g/mol. The Kier molecular flexibility index (Phi) is 7.87. The molecule has 0 radical (unpaired) electrons. The SMILES string of the molecule is CCOC(=O)c1ccc(NC(=O)COC(=O)c2ccc3nc(-c4ccccc4)c(-c4ccccc4)nc3c2)cc1. The molecule has 0 aliphatic heterocycles. The molecule has 0 bridgehead atoms. The maximum absolute atomic E-state index is 12.8. The van der Waals surface area contributed by atoms with Crippen LogP contribution in [0.5, 0.6) is 0 Å². The summed E-state index contributed by atoms with van der Waals surface area (Å²) in [7, 11) is 0. The number of hydrogen-bond donors (Lipinski definition) is 1. The van der Waals surface area contributed by atoms with E-state index < -0.39 is 24.5 Å². The molecule has 0 aliphatic rings. The largest absolute Gasteiger partial charge is 0.462 e. The second-order valence-electron chi connectivity index (χ2n) is 8.78. The Hall–Kier alpha value is -5.37. The number of carbonyl (C=O) groups excluding carboxylic acids is 3. The summed E-state index contributed by atoms with van der Waals surface area (Å²) in [6.07, 6.45) is 0. The molecular formula is C32H25N3O5. The summed E-state index contributed by atoms with van der Waals surface area (Å²) in [5.41, 5.74) is 5.49. The maximum atomic E-state index is 12.8. The number of esters is 2. The first kappa shape index (κ1) is 26.2. The van der Waals surface area contributed by atoms with Crippen LogP contribution in [0.15, 0.2) is 103 Å². The van der Waals surface area contributed by atoms with Crippen molar-refractivity contribution in [3.63, 3.8) is 0 Å². The van der Waals surface area contributed by atoms with Crippen LogP contribution in [-0.2, 0) is 14.3 Å². The van der Waals surface area contributed by atoms with Gasteiger partial charge in [0.1, 0.15) is 0 Å². The van der Waals surface area contributed by atoms with E-state index >= 15 is 0 Å². The Morgan fingerprint density at radius 2 is 1.20 bits per heavy atom. The van der Waals surface area contributed by atoms with Gasteiger partial charge in [0, 0.05) is 16.8 Å². The van der Waals surface area contributed by atoms with Crippen molar-refractivity contribution in [3.05, 3.63) is 114 Å². The van der Waals surface area contributed by atoms with Gasteiger partial charge in [-0.25, -0.2) is 19.6 Å². The van der Waals surface area contributed by atoms with Crippen LogP contribution in [-0.4, -0.2) is 41.0 Å². The first-order chi connectivity index (χ1) is 19.5. The molecule has 5 aromatic rings. The highest BCUT2D eigenvalue weighted by Gasteiger charge is 2.16. The monoisotopic (exact) mass is 531 g/mol. The average Bonchev–Trinajstić information content (AvgIpc) is 3.00. The van der Waals surface area contributed by atoms with E-state index in [0.717, 1.165) is 16.8 Å². The van der Waals surface area contributed by atoms with Crippen molar-refractivity contribution in [2.45, 2.75) is 6.92 Å². The zero-order valence-electron chi connectivity index (χ0n) is 21.7. The highest BCUT2D eigenvalue weighted by atomic mass is 16.5. The maximum Gasteiger partial charge on any atom is 0.338 e. The van der Waals surface area contributed by atoms with Crippen molar-refractivity contribution < 1.29 is 23.9 Å². The number of benzene rings is 4. The predicted molar refractivity (Wildman–Crippen MR) is 152 cm³/mol. The Morgan fingerprint density at radius 1 is 0.650 bits per heavy atom. The molecule has 8 nitrogen and oxygen atoms in total. The summed E-state index contributed by atoms with van der Waals surface area (Å²) in [5, 5.41) is 2.63. The van der Waals surface area contributed by atoms with Crippen LogP contribution < -0.4 is 5.32 Å². The van der Waals surface area contributed by atoms with Crippen molar-refractivity contribution in [1.29, 1.82) is 0 Å². The second-order valence-corrected chi connectivity index (χ2v) is 8.78. The Balaban J connectivity index is 1.31. The number of hydrogen-bond acceptors (Lipinski definition) is 7. The summed E-state index contributed by atoms with van der Waals surface area (Å²) < 4.78 is 10.2. The summed E-state index contributed by atoms with van der Waals surface area (Å²) in [6.45, 7) is 1.52. The van der Waals surface area contributed by atoms with Crippen molar-refractivity contribution >= 4 is 34.6 Å². The zero-order valence-corrected chi connectivity index (χ0v) is 21.7. The number of carbonyl (C=O) groups is 3. The number of fused-ring (bicyclic) bond motifs is 1. The molecule has 0 saturated heterocycles. The molecule has 0 aliphatic carbocycles. The second kappa shape index (κ2) is 12.0. The van der Waals surface area contributed by atoms with Crippen LogP contribution in [0.25, 0.3) is 33.5 Å². The van der Waals surface area contributed by atoms with E-state index in [4.69, 9.17) is 19.4 Å². The van der Waals surface area contributed by atoms with Gasteiger partial charge in [-0.15, -0.1) is 0 Å². The fourth-order valence-electron chi connectivity index (χ4n) is 4.09. The minimum absolute atomic E-state index is 0.250. The minimum Gasteiger partial charge on any atom is -0.462 e. The quantitative estimate of drug-likeness (QED) is 0.247. The molecular weight excluding hydrogens is 506 g/mol. The molecule has 4 aromatic carbocycles. The standard InChI is InChI=1S/C32H25N3O5/c1-2-39-31(37)23-13-16-25(17-14-23)33-28(36)20-40-32(38)24-15-18-26-27(19-24)35-30(22-11-7-4-8-12-22)29(34-26)21-9-5-3-6-10-21/h3-19H,2,20H2,1H3,(H,33,36). The van der Waals surface area contributed by atoms with Crippen LogP contribution in [0.2, 0.25) is 0 Å². The van der Waals surface area contributed by atoms with E-state index in [1.807, 2.05) is 60.7 Å². The van der Waals surface area contributed by atoms with Gasteiger partial charge in [-0.3, -0.25) is 4.79 Å². The van der Waals surface area contributed by atoms with Gasteiger partial charge in [0.25, 0.3) is 5.91 Å². The van der Waals surface area contributed by atoms with E-state index in [1.54, 1.807) is 49.4 Å². The first-order valence-electron chi connectivity index (χ1n) is 12.7. The van der Waals surface area contributed by atoms with Crippen LogP contribution in [0.4, 0.5) is 5.69 Å². The van der Waals surface area contributed by atoms with E-state index in [9.17, 15) is 14.4 Å². The molecule has 1 amide bonds. The molecule has 40 heavy (non-hydrogen) atoms. The number of nitrogens with zero attached hydrogens (tertiary/aromatic N) is 2. The summed E-state index contributed by atoms with van der Waals surface area (Å²) in [4.78, 5) is 46.6. The number of rotatable bonds is 8. The molecule has 0 unspecified atom stereocenters. The van der Waals surface area contributed by atoms with Crippen LogP contribution in [0.1, 0.15) is 27.6 Å². The molecule has 1 aromatic heterocycles. The summed E-state index contributed by atoms with van der Waals surface area (Å²) in [5.74, 6) is -1.62. The van der Waals surface area contributed by atoms with Crippen molar-refractivity contribution in [2.24, 2.45) is 0 Å². The molecule has 0 atom stereocenters. The van der Waals surface area contributed by atoms with Gasteiger partial charge in [-0.05, 0) is 49.4 Å². The van der Waals surface area contributed by atoms with E-state index in [-0.39, 0.29) is 12.2 Å². The van der Waals surface area contributed by atoms with Crippen LogP contribution >= 0.6 is 0 Å². The van der Waals surface area contributed by atoms with Gasteiger partial charge >= 0.3 is 11.9 Å². The first-order valence-corrected chi connectivity index (χ1v) is 12.7. The normalized spacial score (nSPS) is 10.6. The van der Waals surface area contributed by atoms with Crippen molar-refractivity contribution in [3.8, 4) is 22.5 Å². The summed E-state index contributed by atoms with van der Waals surface area (Å²) >= 11 is 0. The van der Waals surface area contributed by atoms with Crippen LogP contribution in [0.3, 0.4) is 0 Å². The molecule has 0 fully saturated rings. The molecule has 1 heterocycles. The van der Waals surface area contributed by atoms with Crippen LogP contribution in [0, 0.1) is 0 Å².